The highest BCUT2D eigenvalue weighted by Gasteiger charge is 2.14. The van der Waals surface area contributed by atoms with E-state index in [1.54, 1.807) is 13.0 Å². The smallest absolute Gasteiger partial charge is 0.343 e. The SMILES string of the molecule is CCOC(=O)c1ccc(Cc2ccccc2-c2ccccc2C(C)C)[nH]c1=O. The number of rotatable bonds is 6. The van der Waals surface area contributed by atoms with Gasteiger partial charge in [0.25, 0.3) is 5.56 Å². The van der Waals surface area contributed by atoms with Crippen molar-refractivity contribution in [2.45, 2.75) is 33.1 Å². The number of carbonyl (C=O) groups is 1. The zero-order chi connectivity index (χ0) is 20.1. The molecule has 0 bridgehead atoms. The van der Waals surface area contributed by atoms with E-state index in [1.165, 1.54) is 17.2 Å². The maximum atomic E-state index is 12.3. The van der Waals surface area contributed by atoms with Crippen molar-refractivity contribution in [1.82, 2.24) is 4.98 Å². The van der Waals surface area contributed by atoms with Gasteiger partial charge in [-0.25, -0.2) is 4.79 Å². The summed E-state index contributed by atoms with van der Waals surface area (Å²) in [6.07, 6.45) is 0.570. The normalized spacial score (nSPS) is 10.9. The van der Waals surface area contributed by atoms with Crippen molar-refractivity contribution in [2.75, 3.05) is 6.61 Å². The molecule has 144 valence electrons. The molecule has 1 heterocycles. The first-order valence-corrected chi connectivity index (χ1v) is 9.57. The number of carbonyl (C=O) groups excluding carboxylic acids is 1. The van der Waals surface area contributed by atoms with E-state index in [0.29, 0.717) is 12.3 Å². The van der Waals surface area contributed by atoms with Gasteiger partial charge in [0.15, 0.2) is 0 Å². The summed E-state index contributed by atoms with van der Waals surface area (Å²) in [4.78, 5) is 26.9. The highest BCUT2D eigenvalue weighted by Crippen LogP contribution is 2.32. The van der Waals surface area contributed by atoms with E-state index in [0.717, 1.165) is 16.8 Å². The van der Waals surface area contributed by atoms with Gasteiger partial charge in [-0.3, -0.25) is 4.79 Å². The summed E-state index contributed by atoms with van der Waals surface area (Å²) in [6, 6.07) is 19.9. The van der Waals surface area contributed by atoms with Crippen molar-refractivity contribution in [1.29, 1.82) is 0 Å². The summed E-state index contributed by atoms with van der Waals surface area (Å²) in [6.45, 7) is 6.33. The molecule has 0 radical (unpaired) electrons. The predicted octanol–water partition coefficient (Wildman–Crippen LogP) is 4.93. The van der Waals surface area contributed by atoms with E-state index in [4.69, 9.17) is 4.74 Å². The largest absolute Gasteiger partial charge is 0.462 e. The van der Waals surface area contributed by atoms with Gasteiger partial charge in [0.2, 0.25) is 0 Å². The highest BCUT2D eigenvalue weighted by molar-refractivity contribution is 5.88. The van der Waals surface area contributed by atoms with Crippen molar-refractivity contribution in [3.63, 3.8) is 0 Å². The standard InChI is InChI=1S/C24H25NO3/c1-4-28-24(27)22-14-13-18(25-23(22)26)15-17-9-5-6-11-20(17)21-12-8-7-10-19(21)16(2)3/h5-14,16H,4,15H2,1-3H3,(H,25,26). The van der Waals surface area contributed by atoms with Crippen LogP contribution in [0.1, 0.15) is 53.9 Å². The number of pyridine rings is 1. The van der Waals surface area contributed by atoms with Crippen molar-refractivity contribution in [3.8, 4) is 11.1 Å². The Labute approximate surface area is 165 Å². The second kappa shape index (κ2) is 8.70. The molecular weight excluding hydrogens is 350 g/mol. The van der Waals surface area contributed by atoms with E-state index in [9.17, 15) is 9.59 Å². The van der Waals surface area contributed by atoms with Crippen molar-refractivity contribution >= 4 is 5.97 Å². The number of aromatic nitrogens is 1. The third kappa shape index (κ3) is 4.22. The minimum atomic E-state index is -0.596. The van der Waals surface area contributed by atoms with E-state index < -0.39 is 11.5 Å². The monoisotopic (exact) mass is 375 g/mol. The summed E-state index contributed by atoms with van der Waals surface area (Å²) in [5, 5.41) is 0. The lowest BCUT2D eigenvalue weighted by atomic mass is 9.89. The highest BCUT2D eigenvalue weighted by atomic mass is 16.5. The molecule has 0 aliphatic carbocycles. The van der Waals surface area contributed by atoms with E-state index in [-0.39, 0.29) is 12.2 Å². The summed E-state index contributed by atoms with van der Waals surface area (Å²) in [5.41, 5.74) is 5.14. The molecule has 0 amide bonds. The predicted molar refractivity (Wildman–Crippen MR) is 112 cm³/mol. The van der Waals surface area contributed by atoms with E-state index in [2.05, 4.69) is 49.2 Å². The van der Waals surface area contributed by atoms with Crippen LogP contribution in [0.5, 0.6) is 0 Å². The molecule has 4 heteroatoms. The number of esters is 1. The Balaban J connectivity index is 1.97. The van der Waals surface area contributed by atoms with Crippen LogP contribution >= 0.6 is 0 Å². The van der Waals surface area contributed by atoms with Crippen LogP contribution in [-0.2, 0) is 11.2 Å². The molecule has 0 fully saturated rings. The van der Waals surface area contributed by atoms with Crippen molar-refractivity contribution in [2.24, 2.45) is 0 Å². The first kappa shape index (κ1) is 19.6. The fourth-order valence-electron chi connectivity index (χ4n) is 3.38. The molecular formula is C24H25NO3. The van der Waals surface area contributed by atoms with Gasteiger partial charge in [-0.05, 0) is 47.2 Å². The summed E-state index contributed by atoms with van der Waals surface area (Å²) >= 11 is 0. The Hall–Kier alpha value is -3.14. The minimum Gasteiger partial charge on any atom is -0.462 e. The molecule has 0 spiro atoms. The number of benzene rings is 2. The van der Waals surface area contributed by atoms with Crippen LogP contribution in [0, 0.1) is 0 Å². The molecule has 1 N–H and O–H groups in total. The average Bonchev–Trinajstić information content (AvgIpc) is 2.68. The lowest BCUT2D eigenvalue weighted by molar-refractivity contribution is 0.0524. The van der Waals surface area contributed by atoms with Gasteiger partial charge in [0, 0.05) is 12.1 Å². The second-order valence-corrected chi connectivity index (χ2v) is 7.02. The topological polar surface area (TPSA) is 59.2 Å². The van der Waals surface area contributed by atoms with Gasteiger partial charge in [0.1, 0.15) is 5.56 Å². The maximum absolute atomic E-state index is 12.3. The van der Waals surface area contributed by atoms with Gasteiger partial charge < -0.3 is 9.72 Å². The lowest BCUT2D eigenvalue weighted by Crippen LogP contribution is -2.20. The molecule has 4 nitrogen and oxygen atoms in total. The third-order valence-electron chi connectivity index (χ3n) is 4.74. The summed E-state index contributed by atoms with van der Waals surface area (Å²) < 4.78 is 4.92. The Bertz CT molecular complexity index is 1030. The first-order valence-electron chi connectivity index (χ1n) is 9.57. The lowest BCUT2D eigenvalue weighted by Gasteiger charge is -2.16. The van der Waals surface area contributed by atoms with Gasteiger partial charge in [-0.1, -0.05) is 62.4 Å². The molecule has 0 saturated heterocycles. The van der Waals surface area contributed by atoms with Crippen LogP contribution in [-0.4, -0.2) is 17.6 Å². The van der Waals surface area contributed by atoms with E-state index >= 15 is 0 Å². The van der Waals surface area contributed by atoms with Gasteiger partial charge in [-0.15, -0.1) is 0 Å². The zero-order valence-electron chi connectivity index (χ0n) is 16.5. The van der Waals surface area contributed by atoms with Crippen LogP contribution in [0.15, 0.2) is 65.5 Å². The molecule has 1 aromatic heterocycles. The summed E-state index contributed by atoms with van der Waals surface area (Å²) in [5.74, 6) is -0.186. The molecule has 3 rings (SSSR count). The van der Waals surface area contributed by atoms with Crippen LogP contribution in [0.25, 0.3) is 11.1 Å². The molecule has 2 aromatic carbocycles. The van der Waals surface area contributed by atoms with Crippen LogP contribution in [0.2, 0.25) is 0 Å². The second-order valence-electron chi connectivity index (χ2n) is 7.02. The number of hydrogen-bond donors (Lipinski definition) is 1. The van der Waals surface area contributed by atoms with Crippen molar-refractivity contribution in [3.05, 3.63) is 93.4 Å². The fraction of sp³-hybridized carbons (Fsp3) is 0.250. The molecule has 0 unspecified atom stereocenters. The van der Waals surface area contributed by atoms with Gasteiger partial charge >= 0.3 is 5.97 Å². The minimum absolute atomic E-state index is 0.0315. The van der Waals surface area contributed by atoms with Crippen LogP contribution < -0.4 is 5.56 Å². The third-order valence-corrected chi connectivity index (χ3v) is 4.74. The average molecular weight is 375 g/mol. The van der Waals surface area contributed by atoms with Crippen LogP contribution in [0.3, 0.4) is 0 Å². The quantitative estimate of drug-likeness (QED) is 0.621. The van der Waals surface area contributed by atoms with Crippen LogP contribution in [0.4, 0.5) is 0 Å². The fourth-order valence-corrected chi connectivity index (χ4v) is 3.38. The Morgan fingerprint density at radius 2 is 1.64 bits per heavy atom. The van der Waals surface area contributed by atoms with Crippen molar-refractivity contribution < 1.29 is 9.53 Å². The molecule has 3 aromatic rings. The molecule has 0 aliphatic heterocycles. The maximum Gasteiger partial charge on any atom is 0.343 e. The molecule has 0 atom stereocenters. The number of ether oxygens (including phenoxy) is 1. The summed E-state index contributed by atoms with van der Waals surface area (Å²) in [7, 11) is 0. The number of aromatic amines is 1. The van der Waals surface area contributed by atoms with Gasteiger partial charge in [-0.2, -0.15) is 0 Å². The van der Waals surface area contributed by atoms with E-state index in [1.807, 2.05) is 18.2 Å². The molecule has 0 aliphatic rings. The number of nitrogens with one attached hydrogen (secondary N) is 1. The molecule has 0 saturated carbocycles. The Morgan fingerprint density at radius 1 is 0.964 bits per heavy atom. The Kier molecular flexibility index (Phi) is 6.09. The number of H-pyrrole nitrogens is 1. The number of hydrogen-bond acceptors (Lipinski definition) is 3. The first-order chi connectivity index (χ1) is 13.5. The molecule has 28 heavy (non-hydrogen) atoms. The van der Waals surface area contributed by atoms with Gasteiger partial charge in [0.05, 0.1) is 6.61 Å². The Morgan fingerprint density at radius 3 is 2.32 bits per heavy atom. The zero-order valence-corrected chi connectivity index (χ0v) is 16.5.